The number of hydrogen-bond acceptors (Lipinski definition) is 4. The maximum Gasteiger partial charge on any atom is 2.00 e. The summed E-state index contributed by atoms with van der Waals surface area (Å²) < 4.78 is 10.9. The Labute approximate surface area is 165 Å². The van der Waals surface area contributed by atoms with Crippen molar-refractivity contribution in [2.75, 3.05) is 18.5 Å². The molecule has 2 aromatic rings. The van der Waals surface area contributed by atoms with Gasteiger partial charge in [-0.1, -0.05) is 18.2 Å². The zero-order valence-electron chi connectivity index (χ0n) is 14.2. The van der Waals surface area contributed by atoms with Crippen molar-refractivity contribution in [2.45, 2.75) is 13.8 Å². The molecule has 0 radical (unpaired) electrons. The van der Waals surface area contributed by atoms with Crippen molar-refractivity contribution in [2.24, 2.45) is 0 Å². The van der Waals surface area contributed by atoms with Gasteiger partial charge in [-0.25, -0.2) is 0 Å². The van der Waals surface area contributed by atoms with Crippen molar-refractivity contribution >= 4 is 17.3 Å². The van der Waals surface area contributed by atoms with E-state index in [0.29, 0.717) is 36.0 Å². The summed E-state index contributed by atoms with van der Waals surface area (Å²) in [5.74, 6) is 0.512. The fourth-order valence-corrected chi connectivity index (χ4v) is 2.06. The summed E-state index contributed by atoms with van der Waals surface area (Å²) in [6, 6.07) is 12.0. The average molecular weight is 413 g/mol. The first kappa shape index (κ1) is 22.8. The Morgan fingerprint density at radius 3 is 2.24 bits per heavy atom. The first-order valence-corrected chi connectivity index (χ1v) is 7.34. The number of anilines is 1. The summed E-state index contributed by atoms with van der Waals surface area (Å²) in [7, 11) is 0. The van der Waals surface area contributed by atoms with Gasteiger partial charge in [0.2, 0.25) is 11.1 Å². The summed E-state index contributed by atoms with van der Waals surface area (Å²) in [4.78, 5) is 15.5. The minimum atomic E-state index is -0.261. The van der Waals surface area contributed by atoms with Gasteiger partial charge in [-0.05, 0) is 26.0 Å². The van der Waals surface area contributed by atoms with Gasteiger partial charge < -0.3 is 27.2 Å². The summed E-state index contributed by atoms with van der Waals surface area (Å²) >= 11 is 0. The van der Waals surface area contributed by atoms with E-state index in [4.69, 9.17) is 14.9 Å². The van der Waals surface area contributed by atoms with Crippen molar-refractivity contribution in [3.05, 3.63) is 53.0 Å². The number of nitrogens with zero attached hydrogens (tertiary/aromatic N) is 2. The molecule has 0 atom stereocenters. The third-order valence-corrected chi connectivity index (χ3v) is 3.05. The van der Waals surface area contributed by atoms with Crippen LogP contribution in [0.5, 0.6) is 11.5 Å². The quantitative estimate of drug-likeness (QED) is 0.571. The molecule has 126 valence electrons. The first-order chi connectivity index (χ1) is 11.2. The van der Waals surface area contributed by atoms with Gasteiger partial charge in [0.05, 0.1) is 25.0 Å². The second-order valence-corrected chi connectivity index (χ2v) is 4.60. The van der Waals surface area contributed by atoms with Gasteiger partial charge in [0.1, 0.15) is 0 Å². The predicted molar refractivity (Wildman–Crippen MR) is 87.9 cm³/mol. The number of halogens is 1. The Morgan fingerprint density at radius 1 is 1.08 bits per heavy atom. The van der Waals surface area contributed by atoms with Gasteiger partial charge in [-0.2, -0.15) is 0 Å². The molecule has 0 fully saturated rings. The SMILES string of the molecule is CCOc1cc(NC(=O)c2ccccc2)c(OCC)cc1[N+]#N.[Cl-].[Zn+2]. The van der Waals surface area contributed by atoms with Crippen LogP contribution in [-0.4, -0.2) is 19.1 Å². The molecular formula is C17H18ClN3O3Zn+2. The van der Waals surface area contributed by atoms with Crippen molar-refractivity contribution < 1.29 is 46.2 Å². The van der Waals surface area contributed by atoms with Gasteiger partial charge in [0.25, 0.3) is 5.91 Å². The summed E-state index contributed by atoms with van der Waals surface area (Å²) in [6.45, 7) is 4.46. The number of carbonyl (C=O) groups is 1. The molecular weight excluding hydrogens is 395 g/mol. The third-order valence-electron chi connectivity index (χ3n) is 3.05. The number of benzene rings is 2. The molecule has 0 aliphatic carbocycles. The van der Waals surface area contributed by atoms with E-state index >= 15 is 0 Å². The van der Waals surface area contributed by atoms with Crippen LogP contribution >= 0.6 is 0 Å². The van der Waals surface area contributed by atoms with Crippen LogP contribution in [0.4, 0.5) is 11.4 Å². The van der Waals surface area contributed by atoms with Crippen LogP contribution < -0.4 is 27.2 Å². The fourth-order valence-electron chi connectivity index (χ4n) is 2.06. The number of diazo groups is 1. The monoisotopic (exact) mass is 411 g/mol. The predicted octanol–water partition coefficient (Wildman–Crippen LogP) is 1.22. The molecule has 25 heavy (non-hydrogen) atoms. The molecule has 0 saturated heterocycles. The van der Waals surface area contributed by atoms with Crippen LogP contribution in [0.1, 0.15) is 24.2 Å². The smallest absolute Gasteiger partial charge is 1.00 e. The Balaban J connectivity index is 0.00000288. The second kappa shape index (κ2) is 11.4. The number of carbonyl (C=O) groups excluding carboxylic acids is 1. The van der Waals surface area contributed by atoms with Crippen LogP contribution in [0.25, 0.3) is 4.98 Å². The van der Waals surface area contributed by atoms with E-state index in [1.807, 2.05) is 19.9 Å². The summed E-state index contributed by atoms with van der Waals surface area (Å²) in [5, 5.41) is 11.9. The average Bonchev–Trinajstić information content (AvgIpc) is 2.58. The van der Waals surface area contributed by atoms with Gasteiger partial charge in [-0.15, -0.1) is 0 Å². The maximum absolute atomic E-state index is 12.3. The van der Waals surface area contributed by atoms with Crippen LogP contribution in [0.3, 0.4) is 0 Å². The molecule has 0 saturated carbocycles. The van der Waals surface area contributed by atoms with Crippen molar-refractivity contribution in [3.63, 3.8) is 0 Å². The maximum atomic E-state index is 12.3. The third kappa shape index (κ3) is 6.01. The Morgan fingerprint density at radius 2 is 1.68 bits per heavy atom. The van der Waals surface area contributed by atoms with Crippen molar-refractivity contribution in [1.82, 2.24) is 0 Å². The number of rotatable bonds is 6. The van der Waals surface area contributed by atoms with Gasteiger partial charge >= 0.3 is 25.2 Å². The van der Waals surface area contributed by atoms with Crippen LogP contribution in [0.2, 0.25) is 0 Å². The minimum absolute atomic E-state index is 0. The molecule has 0 aromatic heterocycles. The largest absolute Gasteiger partial charge is 2.00 e. The molecule has 2 rings (SSSR count). The second-order valence-electron chi connectivity index (χ2n) is 4.60. The van der Waals surface area contributed by atoms with E-state index < -0.39 is 0 Å². The molecule has 2 aromatic carbocycles. The molecule has 0 spiro atoms. The fraction of sp³-hybridized carbons (Fsp3) is 0.235. The molecule has 0 heterocycles. The zero-order valence-corrected chi connectivity index (χ0v) is 17.9. The molecule has 1 N–H and O–H groups in total. The zero-order chi connectivity index (χ0) is 16.7. The Kier molecular flexibility index (Phi) is 10.4. The van der Waals surface area contributed by atoms with E-state index in [2.05, 4.69) is 10.3 Å². The van der Waals surface area contributed by atoms with E-state index in [9.17, 15) is 4.79 Å². The molecule has 8 heteroatoms. The van der Waals surface area contributed by atoms with Crippen molar-refractivity contribution in [3.8, 4) is 11.5 Å². The van der Waals surface area contributed by atoms with Gasteiger partial charge in [0, 0.05) is 11.6 Å². The molecule has 0 aliphatic rings. The van der Waals surface area contributed by atoms with E-state index in [-0.39, 0.29) is 43.5 Å². The number of nitrogens with one attached hydrogen (secondary N) is 1. The number of ether oxygens (including phenoxy) is 2. The molecule has 0 bridgehead atoms. The van der Waals surface area contributed by atoms with E-state index in [1.54, 1.807) is 30.3 Å². The van der Waals surface area contributed by atoms with Crippen LogP contribution in [-0.2, 0) is 19.5 Å². The number of hydrogen-bond donors (Lipinski definition) is 1. The number of amides is 1. The molecule has 0 aliphatic heterocycles. The summed E-state index contributed by atoms with van der Waals surface area (Å²) in [6.07, 6.45) is 0. The van der Waals surface area contributed by atoms with Gasteiger partial charge in [-0.3, -0.25) is 4.79 Å². The van der Waals surface area contributed by atoms with Crippen LogP contribution in [0.15, 0.2) is 42.5 Å². The standard InChI is InChI=1S/C17H17N3O3.ClH.Zn/c1-3-22-15-11-14(20-18)16(23-4-2)10-13(15)19-17(21)12-8-6-5-7-9-12;;/h5-11H,3-4H2,1-2H3;1H;/q;;+2. The normalized spacial score (nSPS) is 9.00. The topological polar surface area (TPSA) is 75.7 Å². The Hall–Kier alpha value is -2.16. The van der Waals surface area contributed by atoms with Crippen LogP contribution in [0, 0.1) is 5.39 Å². The molecule has 6 nitrogen and oxygen atoms in total. The summed E-state index contributed by atoms with van der Waals surface area (Å²) in [5.41, 5.74) is 1.23. The molecule has 0 unspecified atom stereocenters. The van der Waals surface area contributed by atoms with E-state index in [0.717, 1.165) is 0 Å². The van der Waals surface area contributed by atoms with E-state index in [1.165, 1.54) is 6.07 Å². The first-order valence-electron chi connectivity index (χ1n) is 7.34. The minimum Gasteiger partial charge on any atom is -1.00 e. The Bertz CT molecular complexity index is 736. The molecule has 1 amide bonds. The van der Waals surface area contributed by atoms with Crippen molar-refractivity contribution in [1.29, 1.82) is 5.39 Å². The van der Waals surface area contributed by atoms with Gasteiger partial charge in [0.15, 0.2) is 10.7 Å².